The van der Waals surface area contributed by atoms with Crippen molar-refractivity contribution in [1.29, 1.82) is 0 Å². The number of nitrogens with two attached hydrogens (primary N) is 2. The van der Waals surface area contributed by atoms with E-state index < -0.39 is 22.1 Å². The number of anilines is 2. The molecule has 1 aromatic carbocycles. The fraction of sp³-hybridized carbons (Fsp3) is 0.300. The standard InChI is InChI=1S/C10H11Cl2N3O4/c11-2-1-3-19-10(16)7-8(14)5(12)4-6(13)9(7)15(17)18/h4H,1-3,13-14H2. The molecule has 0 aromatic heterocycles. The Bertz CT molecular complexity index is 522. The molecule has 0 saturated carbocycles. The number of carbonyl (C=O) groups is 1. The second-order valence-electron chi connectivity index (χ2n) is 3.52. The lowest BCUT2D eigenvalue weighted by molar-refractivity contribution is -0.384. The van der Waals surface area contributed by atoms with Gasteiger partial charge in [0.1, 0.15) is 5.69 Å². The van der Waals surface area contributed by atoms with Crippen molar-refractivity contribution >= 4 is 46.2 Å². The minimum absolute atomic E-state index is 0.0192. The molecule has 104 valence electrons. The zero-order chi connectivity index (χ0) is 14.6. The van der Waals surface area contributed by atoms with E-state index in [2.05, 4.69) is 0 Å². The maximum absolute atomic E-state index is 11.8. The van der Waals surface area contributed by atoms with Crippen LogP contribution >= 0.6 is 23.2 Å². The fourth-order valence-electron chi connectivity index (χ4n) is 1.37. The van der Waals surface area contributed by atoms with Crippen LogP contribution in [-0.2, 0) is 4.74 Å². The lowest BCUT2D eigenvalue weighted by Crippen LogP contribution is -2.14. The van der Waals surface area contributed by atoms with Gasteiger partial charge in [0.25, 0.3) is 0 Å². The van der Waals surface area contributed by atoms with Crippen molar-refractivity contribution in [2.45, 2.75) is 6.42 Å². The van der Waals surface area contributed by atoms with Crippen molar-refractivity contribution in [2.75, 3.05) is 24.0 Å². The van der Waals surface area contributed by atoms with Crippen molar-refractivity contribution < 1.29 is 14.5 Å². The number of carbonyl (C=O) groups excluding carboxylic acids is 1. The predicted octanol–water partition coefficient (Wildman–Crippen LogP) is 2.20. The molecular weight excluding hydrogens is 297 g/mol. The van der Waals surface area contributed by atoms with Crippen molar-refractivity contribution in [3.05, 3.63) is 26.8 Å². The van der Waals surface area contributed by atoms with Gasteiger partial charge in [0, 0.05) is 5.88 Å². The third kappa shape index (κ3) is 3.39. The van der Waals surface area contributed by atoms with Crippen LogP contribution in [0.3, 0.4) is 0 Å². The molecule has 0 aliphatic heterocycles. The Labute approximate surface area is 118 Å². The normalized spacial score (nSPS) is 10.2. The Kier molecular flexibility index (Phi) is 5.20. The van der Waals surface area contributed by atoms with E-state index in [9.17, 15) is 14.9 Å². The third-order valence-corrected chi connectivity index (χ3v) is 2.80. The van der Waals surface area contributed by atoms with Gasteiger partial charge in [-0.2, -0.15) is 0 Å². The van der Waals surface area contributed by atoms with E-state index in [4.69, 9.17) is 39.4 Å². The minimum Gasteiger partial charge on any atom is -0.462 e. The summed E-state index contributed by atoms with van der Waals surface area (Å²) in [6, 6.07) is 1.12. The lowest BCUT2D eigenvalue weighted by atomic mass is 10.1. The Balaban J connectivity index is 3.23. The highest BCUT2D eigenvalue weighted by atomic mass is 35.5. The molecule has 7 nitrogen and oxygen atoms in total. The fourth-order valence-corrected chi connectivity index (χ4v) is 1.69. The summed E-state index contributed by atoms with van der Waals surface area (Å²) in [5.41, 5.74) is 9.50. The zero-order valence-corrected chi connectivity index (χ0v) is 11.2. The van der Waals surface area contributed by atoms with E-state index in [0.29, 0.717) is 12.3 Å². The van der Waals surface area contributed by atoms with Crippen LogP contribution in [-0.4, -0.2) is 23.4 Å². The van der Waals surface area contributed by atoms with E-state index in [0.717, 1.165) is 6.07 Å². The molecule has 0 amide bonds. The Morgan fingerprint density at radius 2 is 2.11 bits per heavy atom. The number of nitrogens with zero attached hydrogens (tertiary/aromatic N) is 1. The smallest absolute Gasteiger partial charge is 0.347 e. The molecule has 9 heteroatoms. The van der Waals surface area contributed by atoms with Crippen LogP contribution in [0.4, 0.5) is 17.1 Å². The van der Waals surface area contributed by atoms with Gasteiger partial charge in [0.15, 0.2) is 5.56 Å². The van der Waals surface area contributed by atoms with Gasteiger partial charge in [-0.15, -0.1) is 11.6 Å². The maximum atomic E-state index is 11.8. The molecule has 19 heavy (non-hydrogen) atoms. The monoisotopic (exact) mass is 307 g/mol. The zero-order valence-electron chi connectivity index (χ0n) is 9.69. The second kappa shape index (κ2) is 6.44. The molecule has 1 rings (SSSR count). The predicted molar refractivity (Wildman–Crippen MR) is 72.6 cm³/mol. The molecule has 0 heterocycles. The molecule has 0 atom stereocenters. The molecule has 0 saturated heterocycles. The number of esters is 1. The van der Waals surface area contributed by atoms with Gasteiger partial charge in [-0.3, -0.25) is 10.1 Å². The summed E-state index contributed by atoms with van der Waals surface area (Å²) >= 11 is 11.2. The minimum atomic E-state index is -0.955. The van der Waals surface area contributed by atoms with Gasteiger partial charge >= 0.3 is 11.7 Å². The SMILES string of the molecule is Nc1cc(Cl)c(N)c(C(=O)OCCCCl)c1[N+](=O)[O-]. The van der Waals surface area contributed by atoms with Gasteiger partial charge in [-0.25, -0.2) is 4.79 Å². The third-order valence-electron chi connectivity index (χ3n) is 2.22. The van der Waals surface area contributed by atoms with Gasteiger partial charge in [0.05, 0.1) is 22.2 Å². The van der Waals surface area contributed by atoms with Crippen molar-refractivity contribution in [3.63, 3.8) is 0 Å². The van der Waals surface area contributed by atoms with Gasteiger partial charge in [-0.05, 0) is 12.5 Å². The first kappa shape index (κ1) is 15.3. The summed E-state index contributed by atoms with van der Waals surface area (Å²) in [7, 11) is 0. The Morgan fingerprint density at radius 3 is 2.63 bits per heavy atom. The van der Waals surface area contributed by atoms with E-state index in [1.54, 1.807) is 0 Å². The largest absolute Gasteiger partial charge is 0.462 e. The van der Waals surface area contributed by atoms with Crippen molar-refractivity contribution in [1.82, 2.24) is 0 Å². The lowest BCUT2D eigenvalue weighted by Gasteiger charge is -2.10. The summed E-state index contributed by atoms with van der Waals surface area (Å²) < 4.78 is 4.83. The Hall–Kier alpha value is -1.73. The number of nitrogen functional groups attached to an aromatic ring is 2. The van der Waals surface area contributed by atoms with Crippen LogP contribution in [0.15, 0.2) is 6.07 Å². The van der Waals surface area contributed by atoms with E-state index in [-0.39, 0.29) is 23.0 Å². The number of alkyl halides is 1. The molecule has 1 aromatic rings. The number of ether oxygens (including phenoxy) is 1. The first-order valence-corrected chi connectivity index (χ1v) is 6.06. The topological polar surface area (TPSA) is 121 Å². The highest BCUT2D eigenvalue weighted by Gasteiger charge is 2.29. The van der Waals surface area contributed by atoms with Crippen molar-refractivity contribution in [3.8, 4) is 0 Å². The number of hydrogen-bond donors (Lipinski definition) is 2. The molecule has 0 unspecified atom stereocenters. The number of halogens is 2. The summed E-state index contributed by atoms with van der Waals surface area (Å²) in [5, 5.41) is 10.9. The summed E-state index contributed by atoms with van der Waals surface area (Å²) in [6.45, 7) is 0.0192. The quantitative estimate of drug-likeness (QED) is 0.215. The molecule has 0 aliphatic carbocycles. The first-order chi connectivity index (χ1) is 8.90. The van der Waals surface area contributed by atoms with E-state index in [1.165, 1.54) is 0 Å². The van der Waals surface area contributed by atoms with E-state index in [1.807, 2.05) is 0 Å². The van der Waals surface area contributed by atoms with Gasteiger partial charge in [-0.1, -0.05) is 11.6 Å². The molecule has 0 spiro atoms. The molecule has 0 bridgehead atoms. The summed E-state index contributed by atoms with van der Waals surface area (Å²) in [6.07, 6.45) is 0.414. The number of benzene rings is 1. The Morgan fingerprint density at radius 1 is 1.47 bits per heavy atom. The van der Waals surface area contributed by atoms with Crippen LogP contribution in [0.25, 0.3) is 0 Å². The number of nitro groups is 1. The van der Waals surface area contributed by atoms with Gasteiger partial charge < -0.3 is 16.2 Å². The molecule has 0 radical (unpaired) electrons. The van der Waals surface area contributed by atoms with Crippen LogP contribution < -0.4 is 11.5 Å². The number of hydrogen-bond acceptors (Lipinski definition) is 6. The second-order valence-corrected chi connectivity index (χ2v) is 4.31. The number of rotatable bonds is 5. The highest BCUT2D eigenvalue weighted by molar-refractivity contribution is 6.34. The molecule has 0 aliphatic rings. The average Bonchev–Trinajstić information content (AvgIpc) is 2.32. The average molecular weight is 308 g/mol. The van der Waals surface area contributed by atoms with Crippen molar-refractivity contribution in [2.24, 2.45) is 0 Å². The van der Waals surface area contributed by atoms with Crippen LogP contribution in [0.5, 0.6) is 0 Å². The first-order valence-electron chi connectivity index (χ1n) is 5.15. The van der Waals surface area contributed by atoms with Gasteiger partial charge in [0.2, 0.25) is 0 Å². The van der Waals surface area contributed by atoms with E-state index >= 15 is 0 Å². The molecular formula is C10H11Cl2N3O4. The maximum Gasteiger partial charge on any atom is 0.347 e. The highest BCUT2D eigenvalue weighted by Crippen LogP contribution is 2.36. The molecule has 4 N–H and O–H groups in total. The van der Waals surface area contributed by atoms with Crippen LogP contribution in [0.2, 0.25) is 5.02 Å². The molecule has 0 fully saturated rings. The summed E-state index contributed by atoms with van der Waals surface area (Å²) in [4.78, 5) is 21.9. The van der Waals surface area contributed by atoms with Crippen LogP contribution in [0.1, 0.15) is 16.8 Å². The van der Waals surface area contributed by atoms with Crippen LogP contribution in [0, 0.1) is 10.1 Å². The summed E-state index contributed by atoms with van der Waals surface area (Å²) in [5.74, 6) is -0.661. The number of nitro benzene ring substituents is 1.